The van der Waals surface area contributed by atoms with Crippen molar-refractivity contribution in [2.24, 2.45) is 0 Å². The molecule has 1 aliphatic heterocycles. The van der Waals surface area contributed by atoms with E-state index in [1.807, 2.05) is 0 Å². The number of nitrogens with one attached hydrogen (secondary N) is 3. The van der Waals surface area contributed by atoms with Crippen LogP contribution < -0.4 is 33.4 Å². The number of ketones is 6. The summed E-state index contributed by atoms with van der Waals surface area (Å²) in [5.41, 5.74) is -2.63. The van der Waals surface area contributed by atoms with Crippen LogP contribution in [-0.2, 0) is 154 Å². The summed E-state index contributed by atoms with van der Waals surface area (Å²) in [6, 6.07) is 7.15. The summed E-state index contributed by atoms with van der Waals surface area (Å²) in [7, 11) is 6.97. The molecular formula is C53H44N10O18Y4-4. The van der Waals surface area contributed by atoms with Crippen molar-refractivity contribution < 1.29 is 190 Å². The van der Waals surface area contributed by atoms with Gasteiger partial charge in [0, 0.05) is 155 Å². The molecule has 32 heteroatoms. The Morgan fingerprint density at radius 2 is 0.953 bits per heavy atom. The first-order valence-electron chi connectivity index (χ1n) is 24.0. The fourth-order valence-electron chi connectivity index (χ4n) is 10.0. The summed E-state index contributed by atoms with van der Waals surface area (Å²) in [4.78, 5) is 155. The molecule has 5 unspecified atom stereocenters. The number of aliphatic hydroxyl groups is 4. The molecule has 1 fully saturated rings. The number of ether oxygens (including phenoxy) is 2. The molecule has 8 heterocycles. The molecule has 28 nitrogen and oxygen atoms in total. The second kappa shape index (κ2) is 27.2. The molecule has 7 aromatic heterocycles. The minimum Gasteiger partial charge on any atom is -0.467 e. The number of rotatable bonds is 6. The number of H-pyrrole nitrogens is 3. The van der Waals surface area contributed by atoms with E-state index in [9.17, 15) is 78.0 Å². The predicted molar refractivity (Wildman–Crippen MR) is 275 cm³/mol. The molecule has 0 spiro atoms. The van der Waals surface area contributed by atoms with Crippen LogP contribution in [0.2, 0.25) is 0 Å². The number of aromatic nitrogens is 10. The molecule has 3 aliphatic carbocycles. The minimum absolute atomic E-state index is 0. The van der Waals surface area contributed by atoms with Gasteiger partial charge >= 0.3 is 0 Å². The number of tetrazole rings is 1. The van der Waals surface area contributed by atoms with Gasteiger partial charge in [0.05, 0.1) is 58.1 Å². The molecule has 0 bridgehead atoms. The molecule has 11 rings (SSSR count). The largest absolute Gasteiger partial charge is 0.467 e. The molecule has 0 saturated carbocycles. The predicted octanol–water partition coefficient (Wildman–Crippen LogP) is -2.39. The van der Waals surface area contributed by atoms with Gasteiger partial charge < -0.3 is 68.2 Å². The van der Waals surface area contributed by atoms with Gasteiger partial charge in [0.25, 0.3) is 11.1 Å². The Balaban J connectivity index is 0.000000232. The normalized spacial score (nSPS) is 17.7. The van der Waals surface area contributed by atoms with Crippen LogP contribution in [0.15, 0.2) is 65.2 Å². The summed E-state index contributed by atoms with van der Waals surface area (Å²) < 4.78 is 14.3. The van der Waals surface area contributed by atoms with Crippen LogP contribution in [0.5, 0.6) is 0 Å². The Labute approximate surface area is 578 Å². The molecule has 1 saturated heterocycles. The van der Waals surface area contributed by atoms with Gasteiger partial charge in [-0.2, -0.15) is 31.2 Å². The van der Waals surface area contributed by atoms with Crippen LogP contribution in [0.25, 0.3) is 0 Å². The van der Waals surface area contributed by atoms with Crippen molar-refractivity contribution in [1.82, 2.24) is 48.9 Å². The number of aromatic amines is 3. The number of hydrogen-bond donors (Lipinski definition) is 7. The van der Waals surface area contributed by atoms with Gasteiger partial charge in [-0.05, 0) is 49.9 Å². The fraction of sp³-hybridized carbons (Fsp3) is 0.226. The van der Waals surface area contributed by atoms with Crippen molar-refractivity contribution in [2.45, 2.75) is 71.7 Å². The first-order chi connectivity index (χ1) is 38.2. The smallest absolute Gasteiger partial charge is 0.253 e. The van der Waals surface area contributed by atoms with Crippen LogP contribution in [0.3, 0.4) is 0 Å². The first kappa shape index (κ1) is 70.2. The summed E-state index contributed by atoms with van der Waals surface area (Å²) in [5, 5.41) is 52.5. The maximum absolute atomic E-state index is 13.3. The summed E-state index contributed by atoms with van der Waals surface area (Å²) in [6.07, 6.45) is -7.83. The second-order valence-corrected chi connectivity index (χ2v) is 19.0. The first-order valence-corrected chi connectivity index (χ1v) is 24.0. The minimum atomic E-state index is -1.73. The molecular weight excluding hydrogens is 1420 g/mol. The van der Waals surface area contributed by atoms with Crippen LogP contribution in [0.4, 0.5) is 0 Å². The molecule has 430 valence electrons. The van der Waals surface area contributed by atoms with Crippen LogP contribution >= 0.6 is 0 Å². The second-order valence-electron chi connectivity index (χ2n) is 19.0. The van der Waals surface area contributed by atoms with Crippen molar-refractivity contribution in [3.63, 3.8) is 0 Å². The monoisotopic (exact) mass is 1460 g/mol. The number of carbonyl (C=O) groups is 6. The molecule has 7 N–H and O–H groups in total. The van der Waals surface area contributed by atoms with E-state index >= 15 is 0 Å². The van der Waals surface area contributed by atoms with Crippen molar-refractivity contribution >= 4 is 34.7 Å². The van der Waals surface area contributed by atoms with Gasteiger partial charge in [0.2, 0.25) is 22.7 Å². The molecule has 4 radical (unpaired) electrons. The van der Waals surface area contributed by atoms with Crippen molar-refractivity contribution in [1.29, 1.82) is 0 Å². The van der Waals surface area contributed by atoms with E-state index < -0.39 is 112 Å². The number of aryl methyl sites for hydroxylation is 4. The average Bonchev–Trinajstić information content (AvgIpc) is 3.45. The molecule has 0 amide bonds. The van der Waals surface area contributed by atoms with E-state index in [-0.39, 0.29) is 227 Å². The van der Waals surface area contributed by atoms with E-state index in [1.165, 1.54) is 32.0 Å². The quantitative estimate of drug-likeness (QED) is 0.0854. The Morgan fingerprint density at radius 1 is 0.529 bits per heavy atom. The molecule has 85 heavy (non-hydrogen) atoms. The van der Waals surface area contributed by atoms with E-state index in [0.717, 1.165) is 36.5 Å². The maximum atomic E-state index is 13.3. The Kier molecular flexibility index (Phi) is 22.5. The van der Waals surface area contributed by atoms with Crippen molar-refractivity contribution in [2.75, 3.05) is 6.61 Å². The van der Waals surface area contributed by atoms with E-state index in [1.54, 1.807) is 13.8 Å². The number of pyridine rings is 6. The molecule has 7 aromatic rings. The van der Waals surface area contributed by atoms with Crippen molar-refractivity contribution in [3.05, 3.63) is 233 Å². The maximum Gasteiger partial charge on any atom is 0.253 e. The van der Waals surface area contributed by atoms with Crippen LogP contribution in [0, 0.1) is 55.6 Å². The van der Waals surface area contributed by atoms with Gasteiger partial charge in [-0.3, -0.25) is 47.5 Å². The summed E-state index contributed by atoms with van der Waals surface area (Å²) in [6.45, 7) is 12.0. The summed E-state index contributed by atoms with van der Waals surface area (Å²) in [5.74, 6) is -3.36. The third-order valence-electron chi connectivity index (χ3n) is 13.9. The fourth-order valence-corrected chi connectivity index (χ4v) is 10.0. The van der Waals surface area contributed by atoms with Gasteiger partial charge in [-0.25, -0.2) is 11.1 Å². The zero-order chi connectivity index (χ0) is 59.1. The third kappa shape index (κ3) is 12.4. The number of aliphatic hydroxyl groups excluding tert-OH is 4. The van der Waals surface area contributed by atoms with E-state index in [2.05, 4.69) is 58.5 Å². The number of carbonyl (C=O) groups excluding carboxylic acids is 6. The van der Waals surface area contributed by atoms with Gasteiger partial charge in [-0.15, -0.1) is 35.4 Å². The Morgan fingerprint density at radius 3 is 1.39 bits per heavy atom. The zero-order valence-electron chi connectivity index (χ0n) is 45.2. The third-order valence-corrected chi connectivity index (χ3v) is 13.9. The van der Waals surface area contributed by atoms with Gasteiger partial charge in [0.1, 0.15) is 53.9 Å². The summed E-state index contributed by atoms with van der Waals surface area (Å²) >= 11 is 0. The number of nitrogens with zero attached hydrogens (tertiary/aromatic N) is 7. The topological polar surface area (TPSA) is 410 Å². The molecule has 4 aliphatic rings. The average molecular weight is 1460 g/mol. The van der Waals surface area contributed by atoms with E-state index in [0.29, 0.717) is 16.7 Å². The van der Waals surface area contributed by atoms with Crippen LogP contribution in [-0.4, -0.2) is 141 Å². The number of hydrogen-bond acceptors (Lipinski definition) is 21. The molecule has 5 atom stereocenters. The van der Waals surface area contributed by atoms with Crippen molar-refractivity contribution in [3.8, 4) is 0 Å². The molecule has 0 aromatic carbocycles. The van der Waals surface area contributed by atoms with E-state index in [4.69, 9.17) is 9.47 Å². The van der Waals surface area contributed by atoms with Crippen LogP contribution in [0.1, 0.15) is 136 Å². The number of fused-ring (bicyclic) bond motifs is 6. The zero-order valence-corrected chi connectivity index (χ0v) is 56.6. The van der Waals surface area contributed by atoms with Gasteiger partial charge in [-0.1, -0.05) is 16.6 Å². The Hall–Kier alpha value is -5.55. The SMILES string of the molecule is Cc1cc(=O)[nH]c2c1C(=O)c1c(C)cc(=O)n(COC3OC(CO)C(O)C(O)C3O)c1C2=O.Cc1cc(=O)[nH]c2c1C(=O)c1c(C)cc(=O)n(Cc3nn[nH]n3)c1C2=O.[CH2-]c1cc(=O)n([CH2-])c2c1C(=O)c1c([CH2-])cc(=O)n([CH2-])c1C2=O.[Y].[Y].[Y].[Y]. The Bertz CT molecular complexity index is 4270. The van der Waals surface area contributed by atoms with Gasteiger partial charge in [0.15, 0.2) is 23.7 Å². The standard InChI is InChI=1S/C21H22N2O10.C16H12N6O4.C16H10N2O4.4Y/c1-7-3-10(25)22-14-12(7)17(28)13-8(2)4-11(26)23(15(13)18(14)29)6-32-21-20(31)19(30)16(27)9(5-24)33-21;1-6-3-9(23)17-13-11(6)15(25)12-7(2)4-10(24)22(14(12)16(13)26)5-8-18-20-21-19-8;1-7-5-9(19)17(3)13-11(7)15(21)12-8(2)6-10(20)18(4)14(12)16(13)22;;;;/h3-4,9,16,19-21,24,27,30-31H,5-6H2,1-2H3,(H,22,25);3-4H,5H2,1-2H3,(H,17,23)(H,18,19,20,21);5-6H,1-4H2;;;;/q;;-4;;;;.